The number of aromatic nitrogens is 1. The van der Waals surface area contributed by atoms with E-state index in [-0.39, 0.29) is 32.7 Å². The molecule has 4 rings (SSSR count). The molecule has 174 valence electrons. The molecule has 0 bridgehead atoms. The molecule has 34 heavy (non-hydrogen) atoms. The number of primary amides is 1. The van der Waals surface area contributed by atoms with Crippen LogP contribution in [-0.2, 0) is 16.0 Å². The van der Waals surface area contributed by atoms with Crippen molar-refractivity contribution in [2.75, 3.05) is 5.75 Å². The minimum Gasteiger partial charge on any atom is -0.366 e. The second-order valence-corrected chi connectivity index (χ2v) is 9.90. The Morgan fingerprint density at radius 3 is 2.21 bits per heavy atom. The first-order chi connectivity index (χ1) is 16.0. The fourth-order valence-corrected chi connectivity index (χ4v) is 4.77. The minimum atomic E-state index is -4.63. The van der Waals surface area contributed by atoms with Gasteiger partial charge in [0.25, 0.3) is 5.91 Å². The number of hydrogen-bond donors (Lipinski definition) is 1. The van der Waals surface area contributed by atoms with Crippen molar-refractivity contribution in [1.29, 1.82) is 0 Å². The molecule has 0 aliphatic carbocycles. The third kappa shape index (κ3) is 4.26. The quantitative estimate of drug-likeness (QED) is 0.406. The molecular weight excluding hydrogens is 465 g/mol. The summed E-state index contributed by atoms with van der Waals surface area (Å²) in [4.78, 5) is 16.2. The maximum atomic E-state index is 13.6. The molecule has 0 aliphatic rings. The van der Waals surface area contributed by atoms with Crippen LogP contribution in [0, 0.1) is 0 Å². The van der Waals surface area contributed by atoms with E-state index in [0.717, 1.165) is 12.3 Å². The van der Waals surface area contributed by atoms with Gasteiger partial charge in [-0.3, -0.25) is 9.78 Å². The summed E-state index contributed by atoms with van der Waals surface area (Å²) in [5, 5.41) is 0.130. The molecule has 0 atom stereocenters. The first kappa shape index (κ1) is 23.4. The van der Waals surface area contributed by atoms with E-state index >= 15 is 0 Å². The molecule has 0 radical (unpaired) electrons. The summed E-state index contributed by atoms with van der Waals surface area (Å²) in [7, 11) is -3.43. The normalized spacial score (nSPS) is 12.1. The Kier molecular flexibility index (Phi) is 5.91. The second-order valence-electron chi connectivity index (χ2n) is 7.62. The van der Waals surface area contributed by atoms with E-state index in [1.54, 1.807) is 49.4 Å². The molecule has 1 amide bonds. The molecule has 9 heteroatoms. The van der Waals surface area contributed by atoms with E-state index < -0.39 is 27.5 Å². The van der Waals surface area contributed by atoms with E-state index in [1.165, 1.54) is 18.2 Å². The maximum Gasteiger partial charge on any atom is 0.418 e. The molecule has 5 nitrogen and oxygen atoms in total. The largest absolute Gasteiger partial charge is 0.418 e. The number of benzene rings is 3. The van der Waals surface area contributed by atoms with Gasteiger partial charge in [0.1, 0.15) is 0 Å². The SMILES string of the molecule is CCS(=O)(=O)c1cccc(-c2cccc(-c3c(C(N)=O)cnc4c(C(F)(F)F)cccc34)c2)c1. The van der Waals surface area contributed by atoms with Crippen LogP contribution < -0.4 is 5.73 Å². The predicted octanol–water partition coefficient (Wildman–Crippen LogP) is 5.48. The van der Waals surface area contributed by atoms with Gasteiger partial charge in [-0.05, 0) is 41.0 Å². The lowest BCUT2D eigenvalue weighted by atomic mass is 9.92. The lowest BCUT2D eigenvalue weighted by Crippen LogP contribution is -2.14. The van der Waals surface area contributed by atoms with E-state index in [0.29, 0.717) is 16.7 Å². The monoisotopic (exact) mass is 484 g/mol. The zero-order chi connectivity index (χ0) is 24.7. The topological polar surface area (TPSA) is 90.1 Å². The molecule has 0 fully saturated rings. The highest BCUT2D eigenvalue weighted by Gasteiger charge is 2.34. The number of nitrogens with two attached hydrogens (primary N) is 1. The first-order valence-electron chi connectivity index (χ1n) is 10.3. The van der Waals surface area contributed by atoms with E-state index in [1.807, 2.05) is 0 Å². The summed E-state index contributed by atoms with van der Waals surface area (Å²) in [6, 6.07) is 16.8. The third-order valence-corrected chi connectivity index (χ3v) is 7.26. The Bertz CT molecular complexity index is 1530. The van der Waals surface area contributed by atoms with Crippen molar-refractivity contribution >= 4 is 26.6 Å². The van der Waals surface area contributed by atoms with E-state index in [2.05, 4.69) is 4.98 Å². The van der Waals surface area contributed by atoms with Gasteiger partial charge in [-0.2, -0.15) is 13.2 Å². The number of sulfone groups is 1. The molecule has 1 heterocycles. The highest BCUT2D eigenvalue weighted by Crippen LogP contribution is 2.39. The van der Waals surface area contributed by atoms with Gasteiger partial charge in [-0.25, -0.2) is 8.42 Å². The predicted molar refractivity (Wildman–Crippen MR) is 124 cm³/mol. The fraction of sp³-hybridized carbons (Fsp3) is 0.120. The summed E-state index contributed by atoms with van der Waals surface area (Å²) in [6.07, 6.45) is -3.58. The van der Waals surface area contributed by atoms with E-state index in [9.17, 15) is 26.4 Å². The third-order valence-electron chi connectivity index (χ3n) is 5.53. The molecule has 0 saturated heterocycles. The number of alkyl halides is 3. The van der Waals surface area contributed by atoms with Crippen LogP contribution in [0.3, 0.4) is 0 Å². The molecular formula is C25H19F3N2O3S. The Morgan fingerprint density at radius 1 is 0.941 bits per heavy atom. The Hall–Kier alpha value is -3.72. The van der Waals surface area contributed by atoms with Crippen molar-refractivity contribution < 1.29 is 26.4 Å². The maximum absolute atomic E-state index is 13.6. The fourth-order valence-electron chi connectivity index (χ4n) is 3.84. The minimum absolute atomic E-state index is 0.0220. The molecule has 2 N–H and O–H groups in total. The molecule has 0 unspecified atom stereocenters. The number of para-hydroxylation sites is 1. The van der Waals surface area contributed by atoms with Crippen molar-refractivity contribution in [3.63, 3.8) is 0 Å². The van der Waals surface area contributed by atoms with Gasteiger partial charge in [-0.1, -0.05) is 49.4 Å². The molecule has 0 saturated carbocycles. The van der Waals surface area contributed by atoms with Gasteiger partial charge in [-0.15, -0.1) is 0 Å². The van der Waals surface area contributed by atoms with E-state index in [4.69, 9.17) is 5.73 Å². The zero-order valence-corrected chi connectivity index (χ0v) is 18.7. The number of carbonyl (C=O) groups is 1. The summed E-state index contributed by atoms with van der Waals surface area (Å²) in [6.45, 7) is 1.55. The Morgan fingerprint density at radius 2 is 1.56 bits per heavy atom. The number of nitrogens with zero attached hydrogens (tertiary/aromatic N) is 1. The highest BCUT2D eigenvalue weighted by molar-refractivity contribution is 7.91. The Labute approximate surface area is 194 Å². The van der Waals surface area contributed by atoms with Crippen LogP contribution in [0.15, 0.2) is 77.8 Å². The number of rotatable bonds is 5. The van der Waals surface area contributed by atoms with Gasteiger partial charge in [0.05, 0.1) is 27.3 Å². The Balaban J connectivity index is 1.97. The molecule has 4 aromatic rings. The number of fused-ring (bicyclic) bond motifs is 1. The van der Waals surface area contributed by atoms with Crippen molar-refractivity contribution in [1.82, 2.24) is 4.98 Å². The van der Waals surface area contributed by atoms with Crippen LogP contribution in [0.1, 0.15) is 22.8 Å². The van der Waals surface area contributed by atoms with Crippen LogP contribution in [0.5, 0.6) is 0 Å². The summed E-state index contributed by atoms with van der Waals surface area (Å²) >= 11 is 0. The summed E-state index contributed by atoms with van der Waals surface area (Å²) in [5.74, 6) is -0.883. The second kappa shape index (κ2) is 8.57. The molecule has 0 aliphatic heterocycles. The van der Waals surface area contributed by atoms with Crippen molar-refractivity contribution in [2.45, 2.75) is 18.0 Å². The van der Waals surface area contributed by atoms with Crippen LogP contribution in [0.25, 0.3) is 33.2 Å². The van der Waals surface area contributed by atoms with Gasteiger partial charge in [0, 0.05) is 17.1 Å². The highest BCUT2D eigenvalue weighted by atomic mass is 32.2. The van der Waals surface area contributed by atoms with Crippen LogP contribution in [-0.4, -0.2) is 25.1 Å². The molecule has 1 aromatic heterocycles. The van der Waals surface area contributed by atoms with Gasteiger partial charge >= 0.3 is 6.18 Å². The average Bonchev–Trinajstić information content (AvgIpc) is 2.82. The van der Waals surface area contributed by atoms with Crippen LogP contribution in [0.2, 0.25) is 0 Å². The number of pyridine rings is 1. The average molecular weight is 484 g/mol. The molecule has 0 spiro atoms. The lowest BCUT2D eigenvalue weighted by molar-refractivity contribution is -0.136. The van der Waals surface area contributed by atoms with Crippen molar-refractivity contribution in [2.24, 2.45) is 5.73 Å². The smallest absolute Gasteiger partial charge is 0.366 e. The first-order valence-corrected chi connectivity index (χ1v) is 11.9. The van der Waals surface area contributed by atoms with Crippen molar-refractivity contribution in [3.8, 4) is 22.3 Å². The molecule has 3 aromatic carbocycles. The zero-order valence-electron chi connectivity index (χ0n) is 17.9. The summed E-state index contributed by atoms with van der Waals surface area (Å²) < 4.78 is 65.3. The lowest BCUT2D eigenvalue weighted by Gasteiger charge is -2.15. The number of hydrogen-bond acceptors (Lipinski definition) is 4. The van der Waals surface area contributed by atoms with Gasteiger partial charge in [0.2, 0.25) is 0 Å². The number of amides is 1. The van der Waals surface area contributed by atoms with Crippen LogP contribution >= 0.6 is 0 Å². The van der Waals surface area contributed by atoms with Crippen LogP contribution in [0.4, 0.5) is 13.2 Å². The van der Waals surface area contributed by atoms with Gasteiger partial charge < -0.3 is 5.73 Å². The number of halogens is 3. The van der Waals surface area contributed by atoms with Crippen molar-refractivity contribution in [3.05, 3.63) is 84.1 Å². The standard InChI is InChI=1S/C25H19F3N2O3S/c1-2-34(32,33)18-9-4-7-16(13-18)15-6-3-8-17(12-15)22-19-10-5-11-21(25(26,27)28)23(19)30-14-20(22)24(29)31/h3-14H,2H2,1H3,(H2,29,31). The van der Waals surface area contributed by atoms with Gasteiger partial charge in [0.15, 0.2) is 9.84 Å². The number of carbonyl (C=O) groups excluding carboxylic acids is 1. The summed E-state index contributed by atoms with van der Waals surface area (Å²) in [5.41, 5.74) is 6.19.